The molecule has 4 aliphatic rings. The van der Waals surface area contributed by atoms with Crippen molar-refractivity contribution in [2.75, 3.05) is 40.9 Å². The SMILES string of the molecule is COc1cc(-c2cn(C)c(=O)c3cnccc23)cc(OC)c1CN(C)C(=O)CCCCN1CCC2(CC1)CC(Oc1ccc3c(c1)C(=O)N(C1CCC(=O)NC1=O)C3=O)C2. The lowest BCUT2D eigenvalue weighted by Crippen LogP contribution is -2.54. The van der Waals surface area contributed by atoms with Crippen LogP contribution in [-0.4, -0.2) is 107 Å². The molecule has 60 heavy (non-hydrogen) atoms. The van der Waals surface area contributed by atoms with E-state index in [1.807, 2.05) is 18.2 Å². The molecule has 15 nitrogen and oxygen atoms in total. The zero-order valence-corrected chi connectivity index (χ0v) is 34.5. The second-order valence-corrected chi connectivity index (χ2v) is 16.6. The summed E-state index contributed by atoms with van der Waals surface area (Å²) in [4.78, 5) is 85.6. The zero-order chi connectivity index (χ0) is 42.3. The maximum Gasteiger partial charge on any atom is 0.262 e. The van der Waals surface area contributed by atoms with Crippen molar-refractivity contribution < 1.29 is 38.2 Å². The van der Waals surface area contributed by atoms with E-state index in [-0.39, 0.29) is 47.0 Å². The van der Waals surface area contributed by atoms with Gasteiger partial charge in [0.25, 0.3) is 17.4 Å². The number of benzene rings is 2. The molecule has 1 N–H and O–H groups in total. The highest BCUT2D eigenvalue weighted by Crippen LogP contribution is 2.50. The number of ether oxygens (including phenoxy) is 3. The molecular formula is C45H50N6O9. The normalized spacial score (nSPS) is 19.0. The quantitative estimate of drug-likeness (QED) is 0.149. The van der Waals surface area contributed by atoms with Gasteiger partial charge in [-0.2, -0.15) is 0 Å². The largest absolute Gasteiger partial charge is 0.496 e. The van der Waals surface area contributed by atoms with E-state index in [1.165, 1.54) is 0 Å². The molecule has 3 aliphatic heterocycles. The van der Waals surface area contributed by atoms with Gasteiger partial charge < -0.3 is 28.6 Å². The number of nitrogens with zero attached hydrogens (tertiary/aromatic N) is 5. The third-order valence-corrected chi connectivity index (χ3v) is 12.8. The van der Waals surface area contributed by atoms with Crippen LogP contribution < -0.4 is 25.1 Å². The third-order valence-electron chi connectivity index (χ3n) is 12.8. The Hall–Kier alpha value is -6.09. The van der Waals surface area contributed by atoms with Crippen LogP contribution in [0.1, 0.15) is 84.1 Å². The molecule has 1 unspecified atom stereocenters. The molecule has 1 spiro atoms. The molecule has 1 aliphatic carbocycles. The van der Waals surface area contributed by atoms with Crippen molar-refractivity contribution in [2.24, 2.45) is 12.5 Å². The Morgan fingerprint density at radius 1 is 0.917 bits per heavy atom. The molecule has 2 saturated heterocycles. The average molecular weight is 819 g/mol. The van der Waals surface area contributed by atoms with Gasteiger partial charge in [0.05, 0.1) is 48.9 Å². The number of carbonyl (C=O) groups is 5. The van der Waals surface area contributed by atoms with E-state index in [4.69, 9.17) is 14.2 Å². The molecule has 2 aromatic carbocycles. The van der Waals surface area contributed by atoms with Crippen molar-refractivity contribution in [3.63, 3.8) is 0 Å². The number of carbonyl (C=O) groups excluding carboxylic acids is 5. The number of aromatic nitrogens is 2. The summed E-state index contributed by atoms with van der Waals surface area (Å²) >= 11 is 0. The van der Waals surface area contributed by atoms with Crippen LogP contribution in [0.25, 0.3) is 21.9 Å². The lowest BCUT2D eigenvalue weighted by molar-refractivity contribution is -0.136. The Bertz CT molecular complexity index is 2420. The Kier molecular flexibility index (Phi) is 11.2. The molecule has 1 saturated carbocycles. The maximum atomic E-state index is 13.3. The van der Waals surface area contributed by atoms with Gasteiger partial charge in [0.15, 0.2) is 0 Å². The minimum Gasteiger partial charge on any atom is -0.496 e. The number of aryl methyl sites for hydroxylation is 1. The fourth-order valence-corrected chi connectivity index (χ4v) is 9.33. The maximum absolute atomic E-state index is 13.3. The second kappa shape index (κ2) is 16.5. The van der Waals surface area contributed by atoms with Crippen molar-refractivity contribution in [1.82, 2.24) is 29.6 Å². The van der Waals surface area contributed by atoms with Crippen LogP contribution in [0.5, 0.6) is 17.2 Å². The average Bonchev–Trinajstić information content (AvgIpc) is 3.48. The summed E-state index contributed by atoms with van der Waals surface area (Å²) in [5, 5.41) is 3.52. The van der Waals surface area contributed by atoms with Crippen LogP contribution in [0.3, 0.4) is 0 Å². The molecule has 0 radical (unpaired) electrons. The van der Waals surface area contributed by atoms with Crippen LogP contribution >= 0.6 is 0 Å². The van der Waals surface area contributed by atoms with E-state index in [2.05, 4.69) is 15.2 Å². The number of methoxy groups -OCH3 is 2. The first-order chi connectivity index (χ1) is 28.9. The standard InChI is InChI=1S/C45H50N6O9/c1-48(26-35-37(58-3)19-27(20-38(35)59-4)34-25-49(2)42(55)33-24-46-15-12-30(33)34)40(53)7-5-6-16-50-17-13-45(14-18-50)22-29(23-45)60-28-8-9-31-32(21-28)44(57)51(43(31)56)36-10-11-39(52)47-41(36)54/h8-9,12,15,19-21,24-25,29,36H,5-7,10-11,13-14,16-18,22-23,26H2,1-4H3,(H,47,52,54). The number of hydrogen-bond acceptors (Lipinski definition) is 11. The van der Waals surface area contributed by atoms with Gasteiger partial charge in [-0.3, -0.25) is 44.0 Å². The van der Waals surface area contributed by atoms with Gasteiger partial charge >= 0.3 is 0 Å². The number of fused-ring (bicyclic) bond motifs is 2. The molecule has 3 fully saturated rings. The highest BCUT2D eigenvalue weighted by atomic mass is 16.5. The Labute approximate surface area is 347 Å². The third kappa shape index (κ3) is 7.73. The summed E-state index contributed by atoms with van der Waals surface area (Å²) in [6.07, 6.45) is 11.4. The minimum atomic E-state index is -1.00. The van der Waals surface area contributed by atoms with Crippen molar-refractivity contribution in [2.45, 2.75) is 76.5 Å². The van der Waals surface area contributed by atoms with E-state index in [0.717, 1.165) is 85.1 Å². The molecule has 15 heteroatoms. The summed E-state index contributed by atoms with van der Waals surface area (Å²) < 4.78 is 19.5. The molecule has 4 aromatic rings. The van der Waals surface area contributed by atoms with E-state index >= 15 is 0 Å². The van der Waals surface area contributed by atoms with Crippen LogP contribution in [-0.2, 0) is 28.0 Å². The van der Waals surface area contributed by atoms with Crippen molar-refractivity contribution in [1.29, 1.82) is 0 Å². The molecule has 2 aromatic heterocycles. The number of amides is 5. The highest BCUT2D eigenvalue weighted by molar-refractivity contribution is 6.23. The zero-order valence-electron chi connectivity index (χ0n) is 34.5. The van der Waals surface area contributed by atoms with E-state index in [9.17, 15) is 28.8 Å². The van der Waals surface area contributed by atoms with Gasteiger partial charge in [0.1, 0.15) is 23.3 Å². The molecule has 8 rings (SSSR count). The molecule has 314 valence electrons. The van der Waals surface area contributed by atoms with Crippen molar-refractivity contribution in [3.8, 4) is 28.4 Å². The fourth-order valence-electron chi connectivity index (χ4n) is 9.33. The first-order valence-electron chi connectivity index (χ1n) is 20.6. The second-order valence-electron chi connectivity index (χ2n) is 16.6. The van der Waals surface area contributed by atoms with Crippen molar-refractivity contribution >= 4 is 40.3 Å². The molecule has 0 bridgehead atoms. The summed E-state index contributed by atoms with van der Waals surface area (Å²) in [7, 11) is 6.70. The predicted octanol–water partition coefficient (Wildman–Crippen LogP) is 4.47. The van der Waals surface area contributed by atoms with E-state index in [0.29, 0.717) is 35.6 Å². The Balaban J connectivity index is 0.782. The highest BCUT2D eigenvalue weighted by Gasteiger charge is 2.48. The number of pyridine rings is 2. The van der Waals surface area contributed by atoms with Crippen LogP contribution in [0.4, 0.5) is 0 Å². The van der Waals surface area contributed by atoms with Gasteiger partial charge in [-0.25, -0.2) is 0 Å². The van der Waals surface area contributed by atoms with E-state index in [1.54, 1.807) is 74.6 Å². The minimum absolute atomic E-state index is 0.0208. The van der Waals surface area contributed by atoms with Crippen LogP contribution in [0.2, 0.25) is 0 Å². The summed E-state index contributed by atoms with van der Waals surface area (Å²) in [5.74, 6) is -0.363. The number of piperidine rings is 2. The van der Waals surface area contributed by atoms with Gasteiger partial charge in [-0.05, 0) is 117 Å². The topological polar surface area (TPSA) is 170 Å². The number of imide groups is 2. The van der Waals surface area contributed by atoms with Crippen LogP contribution in [0.15, 0.2) is 59.8 Å². The fraction of sp³-hybridized carbons (Fsp3) is 0.444. The lowest BCUT2D eigenvalue weighted by atomic mass is 9.61. The van der Waals surface area contributed by atoms with E-state index < -0.39 is 29.7 Å². The molecule has 5 amide bonds. The number of hydrogen-bond donors (Lipinski definition) is 1. The summed E-state index contributed by atoms with van der Waals surface area (Å²) in [5.41, 5.74) is 2.98. The molecular weight excluding hydrogens is 769 g/mol. The number of unbranched alkanes of at least 4 members (excludes halogenated alkanes) is 1. The summed E-state index contributed by atoms with van der Waals surface area (Å²) in [6, 6.07) is 9.54. The smallest absolute Gasteiger partial charge is 0.262 e. The Morgan fingerprint density at radius 2 is 1.63 bits per heavy atom. The van der Waals surface area contributed by atoms with Crippen molar-refractivity contribution in [3.05, 3.63) is 82.0 Å². The van der Waals surface area contributed by atoms with Crippen LogP contribution in [0, 0.1) is 5.41 Å². The lowest BCUT2D eigenvalue weighted by Gasteiger charge is -2.51. The van der Waals surface area contributed by atoms with Gasteiger partial charge in [-0.1, -0.05) is 0 Å². The monoisotopic (exact) mass is 818 g/mol. The Morgan fingerprint density at radius 3 is 2.33 bits per heavy atom. The number of rotatable bonds is 13. The predicted molar refractivity (Wildman–Crippen MR) is 221 cm³/mol. The number of likely N-dealkylation sites (tertiary alicyclic amines) is 1. The van der Waals surface area contributed by atoms with Gasteiger partial charge in [0.2, 0.25) is 17.7 Å². The first-order valence-corrected chi connectivity index (χ1v) is 20.6. The van der Waals surface area contributed by atoms with Gasteiger partial charge in [0, 0.05) is 51.1 Å². The van der Waals surface area contributed by atoms with Gasteiger partial charge in [-0.15, -0.1) is 0 Å². The molecule has 1 atom stereocenters. The molecule has 5 heterocycles. The number of nitrogens with one attached hydrogen (secondary N) is 1. The summed E-state index contributed by atoms with van der Waals surface area (Å²) in [6.45, 7) is 3.24. The first kappa shape index (κ1) is 40.7.